The van der Waals surface area contributed by atoms with Crippen LogP contribution in [0.15, 0.2) is 77.0 Å². The van der Waals surface area contributed by atoms with Crippen LogP contribution in [0.3, 0.4) is 0 Å². The number of thioether (sulfide) groups is 1. The Balaban J connectivity index is 1.46. The van der Waals surface area contributed by atoms with Gasteiger partial charge >= 0.3 is 0 Å². The fraction of sp³-hybridized carbons (Fsp3) is 0.125. The van der Waals surface area contributed by atoms with E-state index in [1.165, 1.54) is 11.8 Å². The lowest BCUT2D eigenvalue weighted by atomic mass is 10.1. The number of hydrogen-bond donors (Lipinski definition) is 1. The minimum atomic E-state index is -0.232. The molecule has 4 rings (SSSR count). The summed E-state index contributed by atoms with van der Waals surface area (Å²) in [4.78, 5) is 17.2. The largest absolute Gasteiger partial charge is 0.314 e. The average molecular weight is 518 g/mol. The molecule has 1 N–H and O–H groups in total. The van der Waals surface area contributed by atoms with Crippen molar-refractivity contribution in [2.75, 3.05) is 5.75 Å². The number of fused-ring (bicyclic) bond motifs is 1. The standard InChI is InChI=1S/C24H19Cl3N4OS/c1-15(17-8-11-19(26)20(27)12-17)29-30-23(32)14-33-24-28-21-4-2-3-5-22(21)31(24)13-16-6-9-18(25)10-7-16/h2-12H,13-14H2,1H3,(H,30,32). The van der Waals surface area contributed by atoms with Gasteiger partial charge in [0.1, 0.15) is 0 Å². The summed E-state index contributed by atoms with van der Waals surface area (Å²) in [5, 5.41) is 6.53. The van der Waals surface area contributed by atoms with Crippen LogP contribution in [0.5, 0.6) is 0 Å². The molecule has 3 aromatic carbocycles. The van der Waals surface area contributed by atoms with E-state index in [4.69, 9.17) is 39.8 Å². The number of hydrogen-bond acceptors (Lipinski definition) is 4. The van der Waals surface area contributed by atoms with Crippen LogP contribution in [0.1, 0.15) is 18.1 Å². The van der Waals surface area contributed by atoms with E-state index >= 15 is 0 Å². The molecule has 0 radical (unpaired) electrons. The molecule has 9 heteroatoms. The predicted octanol–water partition coefficient (Wildman–Crippen LogP) is 6.68. The van der Waals surface area contributed by atoms with Crippen molar-refractivity contribution in [3.63, 3.8) is 0 Å². The summed E-state index contributed by atoms with van der Waals surface area (Å²) in [6.07, 6.45) is 0. The van der Waals surface area contributed by atoms with Gasteiger partial charge in [-0.25, -0.2) is 10.4 Å². The lowest BCUT2D eigenvalue weighted by molar-refractivity contribution is -0.118. The van der Waals surface area contributed by atoms with Crippen molar-refractivity contribution in [3.05, 3.63) is 92.9 Å². The first-order chi connectivity index (χ1) is 15.9. The maximum atomic E-state index is 12.5. The molecule has 1 heterocycles. The van der Waals surface area contributed by atoms with Gasteiger partial charge in [-0.05, 0) is 54.4 Å². The summed E-state index contributed by atoms with van der Waals surface area (Å²) in [5.74, 6) is -0.0632. The fourth-order valence-corrected chi connectivity index (χ4v) is 4.41. The molecular weight excluding hydrogens is 499 g/mol. The van der Waals surface area contributed by atoms with Gasteiger partial charge in [-0.3, -0.25) is 4.79 Å². The number of amides is 1. The van der Waals surface area contributed by atoms with Gasteiger partial charge in [0.2, 0.25) is 0 Å². The molecule has 168 valence electrons. The average Bonchev–Trinajstić information content (AvgIpc) is 3.16. The lowest BCUT2D eigenvalue weighted by Gasteiger charge is -2.09. The Morgan fingerprint density at radius 3 is 2.55 bits per heavy atom. The molecule has 4 aromatic rings. The van der Waals surface area contributed by atoms with Crippen molar-refractivity contribution in [2.24, 2.45) is 5.10 Å². The summed E-state index contributed by atoms with van der Waals surface area (Å²) in [7, 11) is 0. The van der Waals surface area contributed by atoms with Crippen LogP contribution in [0.25, 0.3) is 11.0 Å². The third-order valence-corrected chi connectivity index (χ3v) is 6.86. The van der Waals surface area contributed by atoms with Crippen LogP contribution in [0, 0.1) is 0 Å². The summed E-state index contributed by atoms with van der Waals surface area (Å²) in [5.41, 5.74) is 6.98. The van der Waals surface area contributed by atoms with E-state index in [0.29, 0.717) is 27.3 Å². The van der Waals surface area contributed by atoms with Crippen molar-refractivity contribution in [1.82, 2.24) is 15.0 Å². The Morgan fingerprint density at radius 1 is 1.03 bits per heavy atom. The topological polar surface area (TPSA) is 59.3 Å². The lowest BCUT2D eigenvalue weighted by Crippen LogP contribution is -2.21. The molecule has 0 aliphatic heterocycles. The number of para-hydroxylation sites is 2. The van der Waals surface area contributed by atoms with Crippen molar-refractivity contribution in [1.29, 1.82) is 0 Å². The molecule has 5 nitrogen and oxygen atoms in total. The summed E-state index contributed by atoms with van der Waals surface area (Å²) >= 11 is 19.4. The first kappa shape index (κ1) is 23.6. The highest BCUT2D eigenvalue weighted by Crippen LogP contribution is 2.26. The predicted molar refractivity (Wildman–Crippen MR) is 138 cm³/mol. The Hall–Kier alpha value is -2.51. The second-order valence-electron chi connectivity index (χ2n) is 7.25. The molecule has 0 aliphatic rings. The van der Waals surface area contributed by atoms with Crippen molar-refractivity contribution < 1.29 is 4.79 Å². The van der Waals surface area contributed by atoms with Crippen molar-refractivity contribution in [3.8, 4) is 0 Å². The number of benzene rings is 3. The minimum absolute atomic E-state index is 0.169. The smallest absolute Gasteiger partial charge is 0.250 e. The summed E-state index contributed by atoms with van der Waals surface area (Å²) in [6.45, 7) is 2.41. The van der Waals surface area contributed by atoms with Crippen LogP contribution in [0.2, 0.25) is 15.1 Å². The van der Waals surface area contributed by atoms with E-state index in [-0.39, 0.29) is 11.7 Å². The molecule has 1 amide bonds. The molecule has 0 aliphatic carbocycles. The van der Waals surface area contributed by atoms with Crippen LogP contribution < -0.4 is 5.43 Å². The molecule has 0 atom stereocenters. The number of nitrogens with zero attached hydrogens (tertiary/aromatic N) is 3. The zero-order valence-electron chi connectivity index (χ0n) is 17.6. The van der Waals surface area contributed by atoms with E-state index in [2.05, 4.69) is 15.1 Å². The zero-order chi connectivity index (χ0) is 23.4. The number of carbonyl (C=O) groups is 1. The van der Waals surface area contributed by atoms with Gasteiger partial charge in [0.15, 0.2) is 5.16 Å². The minimum Gasteiger partial charge on any atom is -0.314 e. The van der Waals surface area contributed by atoms with E-state index in [1.807, 2.05) is 48.5 Å². The highest BCUT2D eigenvalue weighted by Gasteiger charge is 2.13. The van der Waals surface area contributed by atoms with E-state index < -0.39 is 0 Å². The summed E-state index contributed by atoms with van der Waals surface area (Å²) < 4.78 is 2.10. The SMILES string of the molecule is CC(=NNC(=O)CSc1nc2ccccc2n1Cc1ccc(Cl)cc1)c1ccc(Cl)c(Cl)c1. The molecule has 0 fully saturated rings. The molecule has 0 unspecified atom stereocenters. The molecule has 1 aromatic heterocycles. The molecule has 33 heavy (non-hydrogen) atoms. The molecule has 0 saturated carbocycles. The van der Waals surface area contributed by atoms with E-state index in [9.17, 15) is 4.79 Å². The maximum absolute atomic E-state index is 12.5. The van der Waals surface area contributed by atoms with Crippen LogP contribution in [0.4, 0.5) is 0 Å². The molecule has 0 bridgehead atoms. The van der Waals surface area contributed by atoms with Gasteiger partial charge in [-0.15, -0.1) is 0 Å². The van der Waals surface area contributed by atoms with Gasteiger partial charge in [0, 0.05) is 5.02 Å². The second kappa shape index (κ2) is 10.6. The van der Waals surface area contributed by atoms with Gasteiger partial charge in [-0.2, -0.15) is 5.10 Å². The number of carbonyl (C=O) groups excluding carboxylic acids is 1. The number of hydrazone groups is 1. The number of rotatable bonds is 7. The van der Waals surface area contributed by atoms with Gasteiger partial charge in [0.25, 0.3) is 5.91 Å². The molecule has 0 spiro atoms. The Kier molecular flexibility index (Phi) is 7.60. The van der Waals surface area contributed by atoms with Gasteiger partial charge in [-0.1, -0.05) is 76.9 Å². The molecule has 0 saturated heterocycles. The zero-order valence-corrected chi connectivity index (χ0v) is 20.6. The first-order valence-corrected chi connectivity index (χ1v) is 12.1. The van der Waals surface area contributed by atoms with Crippen LogP contribution in [-0.2, 0) is 11.3 Å². The first-order valence-electron chi connectivity index (χ1n) is 10.0. The van der Waals surface area contributed by atoms with Crippen LogP contribution in [-0.4, -0.2) is 26.9 Å². The maximum Gasteiger partial charge on any atom is 0.250 e. The van der Waals surface area contributed by atoms with E-state index in [0.717, 1.165) is 27.3 Å². The second-order valence-corrected chi connectivity index (χ2v) is 9.44. The number of halogens is 3. The normalized spacial score (nSPS) is 11.7. The molecular formula is C24H19Cl3N4OS. The van der Waals surface area contributed by atoms with Crippen LogP contribution >= 0.6 is 46.6 Å². The van der Waals surface area contributed by atoms with Crippen molar-refractivity contribution in [2.45, 2.75) is 18.6 Å². The van der Waals surface area contributed by atoms with E-state index in [1.54, 1.807) is 25.1 Å². The Bertz CT molecular complexity index is 1340. The third kappa shape index (κ3) is 5.89. The Labute approximate surface area is 210 Å². The number of imidazole rings is 1. The summed E-state index contributed by atoms with van der Waals surface area (Å²) in [6, 6.07) is 20.8. The third-order valence-electron chi connectivity index (χ3n) is 4.89. The Morgan fingerprint density at radius 2 is 1.79 bits per heavy atom. The highest BCUT2D eigenvalue weighted by molar-refractivity contribution is 7.99. The van der Waals surface area contributed by atoms with Gasteiger partial charge < -0.3 is 4.57 Å². The number of nitrogens with one attached hydrogen (secondary N) is 1. The quantitative estimate of drug-likeness (QED) is 0.169. The fourth-order valence-electron chi connectivity index (χ4n) is 3.18. The van der Waals surface area contributed by atoms with Gasteiger partial charge in [0.05, 0.1) is 39.1 Å². The van der Waals surface area contributed by atoms with Crippen molar-refractivity contribution >= 4 is 69.2 Å². The number of aromatic nitrogens is 2. The monoisotopic (exact) mass is 516 g/mol. The highest BCUT2D eigenvalue weighted by atomic mass is 35.5.